The van der Waals surface area contributed by atoms with Gasteiger partial charge < -0.3 is 0 Å². The minimum absolute atomic E-state index is 0.0171. The van der Waals surface area contributed by atoms with E-state index in [9.17, 15) is 8.78 Å². The Hall–Kier alpha value is -1.55. The molecule has 0 atom stereocenters. The molecule has 0 aliphatic carbocycles. The lowest BCUT2D eigenvalue weighted by Gasteiger charge is -2.05. The van der Waals surface area contributed by atoms with Crippen LogP contribution in [0.15, 0.2) is 30.3 Å². The number of hydrogen-bond acceptors (Lipinski definition) is 2. The second kappa shape index (κ2) is 5.40. The van der Waals surface area contributed by atoms with E-state index in [4.69, 9.17) is 11.6 Å². The van der Waals surface area contributed by atoms with Gasteiger partial charge in [-0.2, -0.15) is 0 Å². The molecule has 1 heterocycles. The van der Waals surface area contributed by atoms with Crippen molar-refractivity contribution in [3.8, 4) is 11.4 Å². The van der Waals surface area contributed by atoms with Crippen molar-refractivity contribution < 1.29 is 8.78 Å². The van der Waals surface area contributed by atoms with Crippen LogP contribution in [0.5, 0.6) is 0 Å². The van der Waals surface area contributed by atoms with Crippen LogP contribution in [0.3, 0.4) is 0 Å². The van der Waals surface area contributed by atoms with Gasteiger partial charge in [-0.05, 0) is 12.5 Å². The molecule has 0 spiro atoms. The van der Waals surface area contributed by atoms with Gasteiger partial charge in [0.15, 0.2) is 5.82 Å². The molecule has 0 aliphatic heterocycles. The van der Waals surface area contributed by atoms with Crippen LogP contribution in [-0.4, -0.2) is 9.97 Å². The number of halogens is 3. The van der Waals surface area contributed by atoms with E-state index < -0.39 is 6.43 Å². The number of hydrogen-bond donors (Lipinski definition) is 0. The third-order valence-corrected chi connectivity index (χ3v) is 2.72. The maximum atomic E-state index is 12.4. The van der Waals surface area contributed by atoms with Gasteiger partial charge in [-0.15, -0.1) is 0 Å². The largest absolute Gasteiger partial charge is 0.263 e. The minimum Gasteiger partial charge on any atom is -0.233 e. The molecule has 0 N–H and O–H groups in total. The van der Waals surface area contributed by atoms with E-state index in [-0.39, 0.29) is 5.56 Å². The van der Waals surface area contributed by atoms with Gasteiger partial charge in [-0.1, -0.05) is 42.8 Å². The lowest BCUT2D eigenvalue weighted by atomic mass is 10.1. The molecule has 2 rings (SSSR count). The molecule has 0 fully saturated rings. The molecule has 0 aliphatic rings. The second-order valence-corrected chi connectivity index (χ2v) is 4.17. The molecule has 0 radical (unpaired) electrons. The first-order valence-corrected chi connectivity index (χ1v) is 5.90. The van der Waals surface area contributed by atoms with E-state index in [1.165, 1.54) is 12.1 Å². The highest BCUT2D eigenvalue weighted by atomic mass is 35.5. The first kappa shape index (κ1) is 12.9. The van der Waals surface area contributed by atoms with E-state index >= 15 is 0 Å². The number of rotatable bonds is 3. The Morgan fingerprint density at radius 3 is 2.39 bits per heavy atom. The zero-order valence-electron chi connectivity index (χ0n) is 9.70. The fourth-order valence-corrected chi connectivity index (χ4v) is 1.76. The molecule has 0 amide bonds. The van der Waals surface area contributed by atoms with Crippen LogP contribution in [0.2, 0.25) is 5.15 Å². The maximum absolute atomic E-state index is 12.4. The third-order valence-electron chi connectivity index (χ3n) is 2.53. The number of nitrogens with zero attached hydrogens (tertiary/aromatic N) is 2. The summed E-state index contributed by atoms with van der Waals surface area (Å²) in [6.07, 6.45) is -1.73. The van der Waals surface area contributed by atoms with Crippen LogP contribution in [0.25, 0.3) is 11.4 Å². The molecule has 0 saturated carbocycles. The lowest BCUT2D eigenvalue weighted by Crippen LogP contribution is -1.95. The fraction of sp³-hybridized carbons (Fsp3) is 0.231. The predicted molar refractivity (Wildman–Crippen MR) is 66.8 cm³/mol. The van der Waals surface area contributed by atoms with Gasteiger partial charge in [0.1, 0.15) is 5.15 Å². The summed E-state index contributed by atoms with van der Waals surface area (Å²) in [6, 6.07) is 7.59. The summed E-state index contributed by atoms with van der Waals surface area (Å²) in [7, 11) is 0. The normalized spacial score (nSPS) is 10.9. The van der Waals surface area contributed by atoms with Gasteiger partial charge in [0.2, 0.25) is 0 Å². The van der Waals surface area contributed by atoms with Crippen molar-refractivity contribution in [2.75, 3.05) is 0 Å². The Morgan fingerprint density at radius 1 is 1.17 bits per heavy atom. The Kier molecular flexibility index (Phi) is 3.87. The van der Waals surface area contributed by atoms with Crippen LogP contribution in [0, 0.1) is 0 Å². The molecular formula is C13H11ClF2N2. The summed E-state index contributed by atoms with van der Waals surface area (Å²) in [5.74, 6) is 0.458. The highest BCUT2D eigenvalue weighted by Gasteiger charge is 2.09. The Morgan fingerprint density at radius 2 is 1.83 bits per heavy atom. The highest BCUT2D eigenvalue weighted by molar-refractivity contribution is 6.29. The van der Waals surface area contributed by atoms with Crippen LogP contribution < -0.4 is 0 Å². The van der Waals surface area contributed by atoms with Gasteiger partial charge in [0, 0.05) is 16.8 Å². The molecule has 18 heavy (non-hydrogen) atoms. The number of aromatic nitrogens is 2. The van der Waals surface area contributed by atoms with Crippen molar-refractivity contribution in [2.24, 2.45) is 0 Å². The zero-order valence-corrected chi connectivity index (χ0v) is 10.5. The molecule has 0 unspecified atom stereocenters. The van der Waals surface area contributed by atoms with Crippen LogP contribution >= 0.6 is 11.6 Å². The molecule has 2 aromatic rings. The van der Waals surface area contributed by atoms with Crippen molar-refractivity contribution in [2.45, 2.75) is 19.8 Å². The molecule has 0 saturated heterocycles. The molecule has 0 bridgehead atoms. The summed E-state index contributed by atoms with van der Waals surface area (Å²) < 4.78 is 24.9. The van der Waals surface area contributed by atoms with Crippen LogP contribution in [-0.2, 0) is 6.42 Å². The smallest absolute Gasteiger partial charge is 0.233 e. The van der Waals surface area contributed by atoms with Gasteiger partial charge in [0.05, 0.1) is 0 Å². The molecule has 2 nitrogen and oxygen atoms in total. The van der Waals surface area contributed by atoms with Crippen LogP contribution in [0.1, 0.15) is 24.6 Å². The molecule has 94 valence electrons. The zero-order chi connectivity index (χ0) is 13.1. The molecule has 5 heteroatoms. The standard InChI is InChI=1S/C13H11ClF2N2/c1-2-10-7-11(14)18-13(17-10)9-5-3-8(4-6-9)12(15)16/h3-7,12H,2H2,1H3. The summed E-state index contributed by atoms with van der Waals surface area (Å²) in [4.78, 5) is 8.41. The number of alkyl halides is 2. The van der Waals surface area contributed by atoms with E-state index in [1.807, 2.05) is 6.92 Å². The summed E-state index contributed by atoms with van der Waals surface area (Å²) in [6.45, 7) is 1.96. The monoisotopic (exact) mass is 268 g/mol. The second-order valence-electron chi connectivity index (χ2n) is 3.78. The van der Waals surface area contributed by atoms with Gasteiger partial charge in [-0.25, -0.2) is 18.7 Å². The minimum atomic E-state index is -2.47. The SMILES string of the molecule is CCc1cc(Cl)nc(-c2ccc(C(F)F)cc2)n1. The number of benzene rings is 1. The summed E-state index contributed by atoms with van der Waals surface area (Å²) in [5, 5.41) is 0.356. The van der Waals surface area contributed by atoms with Gasteiger partial charge >= 0.3 is 0 Å². The van der Waals surface area contributed by atoms with Crippen molar-refractivity contribution in [1.82, 2.24) is 9.97 Å². The average molecular weight is 269 g/mol. The van der Waals surface area contributed by atoms with E-state index in [1.54, 1.807) is 18.2 Å². The fourth-order valence-electron chi connectivity index (χ4n) is 1.55. The van der Waals surface area contributed by atoms with Crippen molar-refractivity contribution in [3.63, 3.8) is 0 Å². The van der Waals surface area contributed by atoms with Crippen molar-refractivity contribution in [3.05, 3.63) is 46.7 Å². The third kappa shape index (κ3) is 2.82. The highest BCUT2D eigenvalue weighted by Crippen LogP contribution is 2.23. The average Bonchev–Trinajstić information content (AvgIpc) is 2.38. The Bertz CT molecular complexity index is 541. The predicted octanol–water partition coefficient (Wildman–Crippen LogP) is 4.30. The topological polar surface area (TPSA) is 25.8 Å². The molecule has 1 aromatic carbocycles. The van der Waals surface area contributed by atoms with Gasteiger partial charge in [-0.3, -0.25) is 0 Å². The number of aryl methyl sites for hydroxylation is 1. The van der Waals surface area contributed by atoms with Gasteiger partial charge in [0.25, 0.3) is 6.43 Å². The van der Waals surface area contributed by atoms with E-state index in [0.29, 0.717) is 16.5 Å². The summed E-state index contributed by atoms with van der Waals surface area (Å²) >= 11 is 5.89. The first-order valence-electron chi connectivity index (χ1n) is 5.52. The van der Waals surface area contributed by atoms with Crippen molar-refractivity contribution in [1.29, 1.82) is 0 Å². The van der Waals surface area contributed by atoms with Crippen molar-refractivity contribution >= 4 is 11.6 Å². The maximum Gasteiger partial charge on any atom is 0.263 e. The Labute approximate surface area is 109 Å². The molecule has 1 aromatic heterocycles. The first-order chi connectivity index (χ1) is 8.60. The lowest BCUT2D eigenvalue weighted by molar-refractivity contribution is 0.151. The van der Waals surface area contributed by atoms with E-state index in [0.717, 1.165) is 12.1 Å². The summed E-state index contributed by atoms with van der Waals surface area (Å²) in [5.41, 5.74) is 1.48. The molecular weight excluding hydrogens is 258 g/mol. The quantitative estimate of drug-likeness (QED) is 0.776. The van der Waals surface area contributed by atoms with E-state index in [2.05, 4.69) is 9.97 Å². The Balaban J connectivity index is 2.39. The van der Waals surface area contributed by atoms with Crippen LogP contribution in [0.4, 0.5) is 8.78 Å².